The van der Waals surface area contributed by atoms with Gasteiger partial charge < -0.3 is 24.8 Å². The molecule has 1 aromatic heterocycles. The van der Waals surface area contributed by atoms with Gasteiger partial charge in [-0.3, -0.25) is 4.98 Å². The Morgan fingerprint density at radius 3 is 2.62 bits per heavy atom. The van der Waals surface area contributed by atoms with Gasteiger partial charge in [0, 0.05) is 11.8 Å². The number of urea groups is 1. The van der Waals surface area contributed by atoms with E-state index in [1.165, 1.54) is 7.11 Å². The van der Waals surface area contributed by atoms with Gasteiger partial charge in [0.05, 0.1) is 32.6 Å². The normalized spacial score (nSPS) is 9.50. The number of rotatable bonds is 6. The van der Waals surface area contributed by atoms with Gasteiger partial charge in [0.15, 0.2) is 0 Å². The van der Waals surface area contributed by atoms with Crippen LogP contribution in [0.15, 0.2) is 36.5 Å². The van der Waals surface area contributed by atoms with E-state index >= 15 is 0 Å². The Bertz CT molecular complexity index is 795. The standard InChI is InChI=1S/C19H21N3O4/c1-14-6-7-16(13-21-14)26-11-5-4-10-20-19(23)22-17-9-8-15(24-2)12-18(17)25-3/h6-9,12-13H,10-11H2,1-3H3,(H2,20,22,23). The number of hydrogen-bond acceptors (Lipinski definition) is 5. The highest BCUT2D eigenvalue weighted by Crippen LogP contribution is 2.28. The van der Waals surface area contributed by atoms with Crippen molar-refractivity contribution in [3.05, 3.63) is 42.2 Å². The van der Waals surface area contributed by atoms with Crippen LogP contribution in [0.2, 0.25) is 0 Å². The Balaban J connectivity index is 1.75. The number of methoxy groups -OCH3 is 2. The number of ether oxygens (including phenoxy) is 3. The van der Waals surface area contributed by atoms with E-state index in [0.29, 0.717) is 22.9 Å². The van der Waals surface area contributed by atoms with Gasteiger partial charge >= 0.3 is 6.03 Å². The van der Waals surface area contributed by atoms with Crippen LogP contribution in [0.5, 0.6) is 17.2 Å². The molecule has 7 heteroatoms. The molecule has 2 aromatic rings. The van der Waals surface area contributed by atoms with Gasteiger partial charge in [0.1, 0.15) is 23.9 Å². The molecule has 1 aromatic carbocycles. The van der Waals surface area contributed by atoms with Gasteiger partial charge in [0.25, 0.3) is 0 Å². The van der Waals surface area contributed by atoms with Crippen LogP contribution in [0.3, 0.4) is 0 Å². The zero-order valence-electron chi connectivity index (χ0n) is 15.0. The Morgan fingerprint density at radius 2 is 1.92 bits per heavy atom. The van der Waals surface area contributed by atoms with E-state index in [9.17, 15) is 4.79 Å². The first-order chi connectivity index (χ1) is 12.6. The summed E-state index contributed by atoms with van der Waals surface area (Å²) >= 11 is 0. The molecule has 0 aliphatic rings. The maximum atomic E-state index is 11.9. The average molecular weight is 355 g/mol. The second-order valence-corrected chi connectivity index (χ2v) is 5.15. The first-order valence-electron chi connectivity index (χ1n) is 7.90. The number of nitrogens with zero attached hydrogens (tertiary/aromatic N) is 1. The van der Waals surface area contributed by atoms with E-state index in [1.807, 2.05) is 19.1 Å². The van der Waals surface area contributed by atoms with Gasteiger partial charge in [-0.2, -0.15) is 0 Å². The second kappa shape index (κ2) is 9.79. The van der Waals surface area contributed by atoms with Gasteiger partial charge in [-0.05, 0) is 31.2 Å². The molecule has 7 nitrogen and oxygen atoms in total. The van der Waals surface area contributed by atoms with Gasteiger partial charge in [-0.25, -0.2) is 4.79 Å². The van der Waals surface area contributed by atoms with Crippen molar-refractivity contribution in [1.82, 2.24) is 10.3 Å². The predicted octanol–water partition coefficient (Wildman–Crippen LogP) is 2.61. The fourth-order valence-corrected chi connectivity index (χ4v) is 1.97. The van der Waals surface area contributed by atoms with E-state index < -0.39 is 0 Å². The van der Waals surface area contributed by atoms with E-state index in [0.717, 1.165) is 5.69 Å². The highest BCUT2D eigenvalue weighted by molar-refractivity contribution is 5.91. The quantitative estimate of drug-likeness (QED) is 0.779. The van der Waals surface area contributed by atoms with Crippen LogP contribution in [0.4, 0.5) is 10.5 Å². The summed E-state index contributed by atoms with van der Waals surface area (Å²) in [5.41, 5.74) is 1.46. The summed E-state index contributed by atoms with van der Waals surface area (Å²) in [6.07, 6.45) is 1.64. The number of nitrogens with one attached hydrogen (secondary N) is 2. The van der Waals surface area contributed by atoms with Crippen molar-refractivity contribution in [2.45, 2.75) is 6.92 Å². The molecule has 0 atom stereocenters. The van der Waals surface area contributed by atoms with Crippen molar-refractivity contribution in [2.24, 2.45) is 0 Å². The van der Waals surface area contributed by atoms with Crippen LogP contribution in [-0.2, 0) is 0 Å². The third-order valence-electron chi connectivity index (χ3n) is 3.31. The Morgan fingerprint density at radius 1 is 1.12 bits per heavy atom. The number of aryl methyl sites for hydroxylation is 1. The number of benzene rings is 1. The highest BCUT2D eigenvalue weighted by Gasteiger charge is 2.07. The van der Waals surface area contributed by atoms with Crippen molar-refractivity contribution in [3.8, 4) is 29.1 Å². The molecule has 0 radical (unpaired) electrons. The maximum absolute atomic E-state index is 11.9. The van der Waals surface area contributed by atoms with Crippen molar-refractivity contribution in [1.29, 1.82) is 0 Å². The Labute approximate surface area is 152 Å². The number of carbonyl (C=O) groups is 1. The van der Waals surface area contributed by atoms with Crippen LogP contribution in [0.1, 0.15) is 5.69 Å². The molecule has 0 saturated carbocycles. The fourth-order valence-electron chi connectivity index (χ4n) is 1.97. The molecule has 0 unspecified atom stereocenters. The number of aromatic nitrogens is 1. The number of pyridine rings is 1. The van der Waals surface area contributed by atoms with E-state index in [-0.39, 0.29) is 19.2 Å². The van der Waals surface area contributed by atoms with E-state index in [1.54, 1.807) is 31.5 Å². The lowest BCUT2D eigenvalue weighted by Crippen LogP contribution is -2.29. The predicted molar refractivity (Wildman–Crippen MR) is 98.8 cm³/mol. The molecule has 0 spiro atoms. The smallest absolute Gasteiger partial charge is 0.320 e. The summed E-state index contributed by atoms with van der Waals surface area (Å²) in [7, 11) is 3.08. The zero-order valence-corrected chi connectivity index (χ0v) is 15.0. The summed E-state index contributed by atoms with van der Waals surface area (Å²) in [6, 6.07) is 8.43. The topological polar surface area (TPSA) is 81.7 Å². The lowest BCUT2D eigenvalue weighted by molar-refractivity contribution is 0.253. The summed E-state index contributed by atoms with van der Waals surface area (Å²) in [4.78, 5) is 16.0. The van der Waals surface area contributed by atoms with Crippen molar-refractivity contribution >= 4 is 11.7 Å². The molecule has 0 aliphatic carbocycles. The van der Waals surface area contributed by atoms with E-state index in [4.69, 9.17) is 14.2 Å². The van der Waals surface area contributed by atoms with Gasteiger partial charge in [-0.1, -0.05) is 11.8 Å². The van der Waals surface area contributed by atoms with Crippen LogP contribution in [0, 0.1) is 18.8 Å². The maximum Gasteiger partial charge on any atom is 0.320 e. The monoisotopic (exact) mass is 355 g/mol. The van der Waals surface area contributed by atoms with Gasteiger partial charge in [0.2, 0.25) is 0 Å². The van der Waals surface area contributed by atoms with Gasteiger partial charge in [-0.15, -0.1) is 0 Å². The Hall–Kier alpha value is -3.40. The molecule has 0 bridgehead atoms. The molecule has 2 N–H and O–H groups in total. The van der Waals surface area contributed by atoms with Crippen molar-refractivity contribution < 1.29 is 19.0 Å². The lowest BCUT2D eigenvalue weighted by atomic mass is 10.2. The van der Waals surface area contributed by atoms with Crippen LogP contribution >= 0.6 is 0 Å². The molecule has 0 saturated heterocycles. The molecule has 0 aliphatic heterocycles. The van der Waals surface area contributed by atoms with Crippen LogP contribution in [0.25, 0.3) is 0 Å². The second-order valence-electron chi connectivity index (χ2n) is 5.15. The van der Waals surface area contributed by atoms with Crippen LogP contribution in [-0.4, -0.2) is 38.4 Å². The average Bonchev–Trinajstić information content (AvgIpc) is 2.66. The molecular formula is C19H21N3O4. The first kappa shape index (κ1) is 18.9. The molecular weight excluding hydrogens is 334 g/mol. The number of carbonyl (C=O) groups excluding carboxylic acids is 1. The summed E-state index contributed by atoms with van der Waals surface area (Å²) in [6.45, 7) is 2.32. The first-order valence-corrected chi connectivity index (χ1v) is 7.90. The Kier molecular flexibility index (Phi) is 7.13. The number of hydrogen-bond donors (Lipinski definition) is 2. The van der Waals surface area contributed by atoms with E-state index in [2.05, 4.69) is 27.5 Å². The summed E-state index contributed by atoms with van der Waals surface area (Å²) in [5, 5.41) is 5.34. The largest absolute Gasteiger partial charge is 0.497 e. The van der Waals surface area contributed by atoms with Crippen LogP contribution < -0.4 is 24.8 Å². The highest BCUT2D eigenvalue weighted by atomic mass is 16.5. The molecule has 0 fully saturated rings. The number of anilines is 1. The molecule has 136 valence electrons. The molecule has 26 heavy (non-hydrogen) atoms. The third kappa shape index (κ3) is 5.91. The molecule has 1 heterocycles. The van der Waals surface area contributed by atoms with Crippen molar-refractivity contribution in [3.63, 3.8) is 0 Å². The fraction of sp³-hybridized carbons (Fsp3) is 0.263. The zero-order chi connectivity index (χ0) is 18.8. The lowest BCUT2D eigenvalue weighted by Gasteiger charge is -2.11. The summed E-state index contributed by atoms with van der Waals surface area (Å²) < 4.78 is 15.8. The summed E-state index contributed by atoms with van der Waals surface area (Å²) in [5.74, 6) is 7.43. The molecule has 2 amide bonds. The molecule has 2 rings (SSSR count). The SMILES string of the molecule is COc1ccc(NC(=O)NCC#CCOc2ccc(C)nc2)c(OC)c1. The number of amides is 2. The minimum atomic E-state index is -0.383. The minimum Gasteiger partial charge on any atom is -0.497 e. The third-order valence-corrected chi connectivity index (χ3v) is 3.31. The van der Waals surface area contributed by atoms with Crippen molar-refractivity contribution in [2.75, 3.05) is 32.7 Å². The minimum absolute atomic E-state index is 0.194.